The maximum absolute atomic E-state index is 13.3. The second-order valence-electron chi connectivity index (χ2n) is 5.86. The summed E-state index contributed by atoms with van der Waals surface area (Å²) in [5.74, 6) is -2.58. The van der Waals surface area contributed by atoms with Crippen LogP contribution < -0.4 is 0 Å². The highest BCUT2D eigenvalue weighted by Crippen LogP contribution is 2.31. The van der Waals surface area contributed by atoms with Crippen LogP contribution in [0, 0.1) is 0 Å². The van der Waals surface area contributed by atoms with Crippen LogP contribution in [-0.2, 0) is 33.6 Å². The van der Waals surface area contributed by atoms with E-state index in [0.717, 1.165) is 4.57 Å². The first-order chi connectivity index (χ1) is 13.3. The molecule has 0 N–H and O–H groups in total. The third kappa shape index (κ3) is 4.13. The molecule has 0 saturated carbocycles. The Morgan fingerprint density at radius 3 is 2.57 bits per heavy atom. The lowest BCUT2D eigenvalue weighted by Gasteiger charge is -2.11. The van der Waals surface area contributed by atoms with Crippen LogP contribution in [0.1, 0.15) is 21.7 Å². The number of methoxy groups -OCH3 is 1. The monoisotopic (exact) mass is 392 g/mol. The first-order valence-corrected chi connectivity index (χ1v) is 8.15. The predicted molar refractivity (Wildman–Crippen MR) is 92.3 cm³/mol. The summed E-state index contributed by atoms with van der Waals surface area (Å²) in [6.07, 6.45) is -4.71. The number of aromatic nitrogens is 2. The summed E-state index contributed by atoms with van der Waals surface area (Å²) in [7, 11) is 1.24. The van der Waals surface area contributed by atoms with Crippen molar-refractivity contribution in [3.8, 4) is 0 Å². The van der Waals surface area contributed by atoms with Gasteiger partial charge in [-0.25, -0.2) is 9.78 Å². The fourth-order valence-electron chi connectivity index (χ4n) is 2.70. The van der Waals surface area contributed by atoms with E-state index in [-0.39, 0.29) is 23.2 Å². The van der Waals surface area contributed by atoms with Gasteiger partial charge < -0.3 is 14.0 Å². The van der Waals surface area contributed by atoms with Gasteiger partial charge in [-0.3, -0.25) is 4.79 Å². The number of imidazole rings is 1. The molecule has 1 heterocycles. The maximum Gasteiger partial charge on any atom is 0.449 e. The number of halogens is 3. The molecular formula is C19H15F3N2O4. The van der Waals surface area contributed by atoms with Crippen LogP contribution in [-0.4, -0.2) is 28.6 Å². The molecule has 0 spiro atoms. The summed E-state index contributed by atoms with van der Waals surface area (Å²) in [6, 6.07) is 12.2. The van der Waals surface area contributed by atoms with Crippen molar-refractivity contribution in [2.75, 3.05) is 7.11 Å². The van der Waals surface area contributed by atoms with Crippen LogP contribution in [0.15, 0.2) is 48.5 Å². The van der Waals surface area contributed by atoms with E-state index < -0.39 is 30.5 Å². The number of benzene rings is 2. The molecule has 28 heavy (non-hydrogen) atoms. The first-order valence-electron chi connectivity index (χ1n) is 8.15. The molecule has 0 unspecified atom stereocenters. The second-order valence-corrected chi connectivity index (χ2v) is 5.86. The van der Waals surface area contributed by atoms with Crippen LogP contribution in [0.5, 0.6) is 0 Å². The van der Waals surface area contributed by atoms with E-state index in [1.165, 1.54) is 31.4 Å². The van der Waals surface area contributed by atoms with Crippen molar-refractivity contribution in [2.24, 2.45) is 0 Å². The Hall–Kier alpha value is -3.36. The van der Waals surface area contributed by atoms with E-state index in [2.05, 4.69) is 9.72 Å². The largest absolute Gasteiger partial charge is 0.465 e. The van der Waals surface area contributed by atoms with Crippen LogP contribution >= 0.6 is 0 Å². The number of para-hydroxylation sites is 2. The lowest BCUT2D eigenvalue weighted by molar-refractivity contribution is -0.151. The number of esters is 2. The van der Waals surface area contributed by atoms with Gasteiger partial charge in [-0.2, -0.15) is 13.2 Å². The molecule has 9 heteroatoms. The minimum atomic E-state index is -4.71. The Balaban J connectivity index is 1.76. The fraction of sp³-hybridized carbons (Fsp3) is 0.211. The summed E-state index contributed by atoms with van der Waals surface area (Å²) >= 11 is 0. The Bertz CT molecular complexity index is 1030. The summed E-state index contributed by atoms with van der Waals surface area (Å²) in [6.45, 7) is -0.844. The van der Waals surface area contributed by atoms with E-state index in [0.29, 0.717) is 5.56 Å². The SMILES string of the molecule is COC(=O)c1cccc(COC(=O)Cn2c(C(F)(F)F)nc3ccccc32)c1. The van der Waals surface area contributed by atoms with Crippen molar-refractivity contribution >= 4 is 23.0 Å². The predicted octanol–water partition coefficient (Wildman–Crippen LogP) is 3.59. The van der Waals surface area contributed by atoms with Crippen molar-refractivity contribution < 1.29 is 32.2 Å². The van der Waals surface area contributed by atoms with Gasteiger partial charge in [0, 0.05) is 0 Å². The van der Waals surface area contributed by atoms with Gasteiger partial charge in [-0.1, -0.05) is 24.3 Å². The molecule has 0 aliphatic carbocycles. The molecule has 0 atom stereocenters. The Kier molecular flexibility index (Phi) is 5.34. The third-order valence-corrected chi connectivity index (χ3v) is 3.94. The molecule has 0 aliphatic heterocycles. The zero-order valence-corrected chi connectivity index (χ0v) is 14.7. The molecule has 0 fully saturated rings. The van der Waals surface area contributed by atoms with E-state index in [9.17, 15) is 22.8 Å². The molecule has 0 amide bonds. The third-order valence-electron chi connectivity index (χ3n) is 3.94. The van der Waals surface area contributed by atoms with Crippen LogP contribution in [0.2, 0.25) is 0 Å². The molecule has 1 aromatic heterocycles. The van der Waals surface area contributed by atoms with Gasteiger partial charge in [0.15, 0.2) is 0 Å². The minimum absolute atomic E-state index is 0.133. The number of hydrogen-bond donors (Lipinski definition) is 0. The van der Waals surface area contributed by atoms with Crippen molar-refractivity contribution in [3.05, 3.63) is 65.5 Å². The molecule has 3 aromatic rings. The van der Waals surface area contributed by atoms with E-state index in [1.807, 2.05) is 0 Å². The van der Waals surface area contributed by atoms with Gasteiger partial charge in [0.05, 0.1) is 23.7 Å². The Morgan fingerprint density at radius 1 is 1.11 bits per heavy atom. The first kappa shape index (κ1) is 19.4. The van der Waals surface area contributed by atoms with Gasteiger partial charge in [-0.05, 0) is 29.8 Å². The minimum Gasteiger partial charge on any atom is -0.465 e. The average Bonchev–Trinajstić information content (AvgIpc) is 3.05. The van der Waals surface area contributed by atoms with Gasteiger partial charge in [0.1, 0.15) is 13.2 Å². The Morgan fingerprint density at radius 2 is 1.86 bits per heavy atom. The lowest BCUT2D eigenvalue weighted by atomic mass is 10.1. The van der Waals surface area contributed by atoms with Gasteiger partial charge in [0.25, 0.3) is 0 Å². The maximum atomic E-state index is 13.3. The van der Waals surface area contributed by atoms with Crippen LogP contribution in [0.25, 0.3) is 11.0 Å². The van der Waals surface area contributed by atoms with Crippen molar-refractivity contribution in [2.45, 2.75) is 19.3 Å². The average molecular weight is 392 g/mol. The van der Waals surface area contributed by atoms with Gasteiger partial charge >= 0.3 is 18.1 Å². The highest BCUT2D eigenvalue weighted by atomic mass is 19.4. The summed E-state index contributed by atoms with van der Waals surface area (Å²) in [5.41, 5.74) is 1.09. The number of carbonyl (C=O) groups is 2. The number of alkyl halides is 3. The number of nitrogens with zero attached hydrogens (tertiary/aromatic N) is 2. The number of carbonyl (C=O) groups excluding carboxylic acids is 2. The number of ether oxygens (including phenoxy) is 2. The summed E-state index contributed by atoms with van der Waals surface area (Å²) < 4.78 is 50.3. The Labute approximate surface area is 157 Å². The number of hydrogen-bond acceptors (Lipinski definition) is 5. The molecule has 0 aliphatic rings. The molecular weight excluding hydrogens is 377 g/mol. The van der Waals surface area contributed by atoms with Crippen molar-refractivity contribution in [1.82, 2.24) is 9.55 Å². The van der Waals surface area contributed by atoms with Gasteiger partial charge in [0.2, 0.25) is 5.82 Å². The van der Waals surface area contributed by atoms with E-state index in [1.54, 1.807) is 24.3 Å². The quantitative estimate of drug-likeness (QED) is 0.621. The van der Waals surface area contributed by atoms with Crippen molar-refractivity contribution in [3.63, 3.8) is 0 Å². The molecule has 0 radical (unpaired) electrons. The van der Waals surface area contributed by atoms with Crippen LogP contribution in [0.3, 0.4) is 0 Å². The highest BCUT2D eigenvalue weighted by Gasteiger charge is 2.38. The number of rotatable bonds is 5. The smallest absolute Gasteiger partial charge is 0.449 e. The van der Waals surface area contributed by atoms with Gasteiger partial charge in [-0.15, -0.1) is 0 Å². The zero-order valence-electron chi connectivity index (χ0n) is 14.7. The summed E-state index contributed by atoms with van der Waals surface area (Å²) in [5, 5.41) is 0. The van der Waals surface area contributed by atoms with E-state index in [4.69, 9.17) is 4.74 Å². The highest BCUT2D eigenvalue weighted by molar-refractivity contribution is 5.89. The lowest BCUT2D eigenvalue weighted by Crippen LogP contribution is -2.20. The van der Waals surface area contributed by atoms with Crippen LogP contribution in [0.4, 0.5) is 13.2 Å². The zero-order chi connectivity index (χ0) is 20.3. The second kappa shape index (κ2) is 7.71. The molecule has 6 nitrogen and oxygen atoms in total. The summed E-state index contributed by atoms with van der Waals surface area (Å²) in [4.78, 5) is 27.3. The molecule has 0 bridgehead atoms. The van der Waals surface area contributed by atoms with Crippen molar-refractivity contribution in [1.29, 1.82) is 0 Å². The topological polar surface area (TPSA) is 70.4 Å². The molecule has 0 saturated heterocycles. The molecule has 146 valence electrons. The fourth-order valence-corrected chi connectivity index (χ4v) is 2.70. The standard InChI is InChI=1S/C19H15F3N2O4/c1-27-17(26)13-6-4-5-12(9-13)11-28-16(25)10-24-15-8-3-2-7-14(15)23-18(24)19(20,21)22/h2-9H,10-11H2,1H3. The molecule has 3 rings (SSSR count). The normalized spacial score (nSPS) is 11.4. The molecule has 2 aromatic carbocycles. The number of fused-ring (bicyclic) bond motifs is 1. The van der Waals surface area contributed by atoms with E-state index >= 15 is 0 Å².